The van der Waals surface area contributed by atoms with Crippen molar-refractivity contribution in [3.05, 3.63) is 45.8 Å². The summed E-state index contributed by atoms with van der Waals surface area (Å²) in [5.41, 5.74) is 4.75. The molecule has 2 aliphatic rings. The van der Waals surface area contributed by atoms with Gasteiger partial charge in [-0.05, 0) is 84.4 Å². The van der Waals surface area contributed by atoms with Gasteiger partial charge in [0.1, 0.15) is 11.6 Å². The smallest absolute Gasteiger partial charge is 0.457 e. The summed E-state index contributed by atoms with van der Waals surface area (Å²) >= 11 is 0. The van der Waals surface area contributed by atoms with Gasteiger partial charge in [0.25, 0.3) is 0 Å². The molecule has 2 amide bonds. The molecule has 0 bridgehead atoms. The van der Waals surface area contributed by atoms with Crippen LogP contribution in [0.4, 0.5) is 18.0 Å². The number of nitrogens with one attached hydrogen (secondary N) is 1. The number of aliphatic carboxylic acids is 1. The second-order valence-electron chi connectivity index (χ2n) is 13.5. The van der Waals surface area contributed by atoms with E-state index in [9.17, 15) is 38.2 Å². The number of halogens is 3. The summed E-state index contributed by atoms with van der Waals surface area (Å²) in [7, 11) is -0.529. The first kappa shape index (κ1) is 36.0. The van der Waals surface area contributed by atoms with Crippen molar-refractivity contribution < 1.29 is 46.7 Å². The zero-order valence-electron chi connectivity index (χ0n) is 26.6. The topological polar surface area (TPSA) is 163 Å². The van der Waals surface area contributed by atoms with E-state index in [2.05, 4.69) is 15.3 Å². The molecule has 2 fully saturated rings. The van der Waals surface area contributed by atoms with Gasteiger partial charge in [-0.15, -0.1) is 0 Å². The molecule has 45 heavy (non-hydrogen) atoms. The van der Waals surface area contributed by atoms with Crippen LogP contribution in [0, 0.1) is 5.92 Å². The van der Waals surface area contributed by atoms with Crippen molar-refractivity contribution in [1.82, 2.24) is 10.2 Å². The van der Waals surface area contributed by atoms with Crippen molar-refractivity contribution in [3.8, 4) is 0 Å². The van der Waals surface area contributed by atoms with Gasteiger partial charge in [-0.3, -0.25) is 9.59 Å². The van der Waals surface area contributed by atoms with E-state index in [-0.39, 0.29) is 19.4 Å². The number of hydrogen-bond acceptors (Lipinski definition) is 7. The molecule has 3 atom stereocenters. The Morgan fingerprint density at radius 3 is 2.22 bits per heavy atom. The number of nitrogens with zero attached hydrogens (tertiary/aromatic N) is 4. The predicted octanol–water partition coefficient (Wildman–Crippen LogP) is 5.61. The molecule has 0 aromatic heterocycles. The molecule has 0 saturated carbocycles. The average Bonchev–Trinajstić information content (AvgIpc) is 3.35. The van der Waals surface area contributed by atoms with E-state index >= 15 is 0 Å². The minimum absolute atomic E-state index is 0.104. The van der Waals surface area contributed by atoms with E-state index in [1.54, 1.807) is 20.8 Å². The number of alkyl carbamates (subject to hydrolysis) is 1. The number of benzene rings is 1. The van der Waals surface area contributed by atoms with Crippen LogP contribution in [0.25, 0.3) is 10.4 Å². The van der Waals surface area contributed by atoms with Crippen LogP contribution in [0.3, 0.4) is 0 Å². The van der Waals surface area contributed by atoms with Crippen molar-refractivity contribution in [3.63, 3.8) is 0 Å². The summed E-state index contributed by atoms with van der Waals surface area (Å²) in [6.07, 6.45) is -4.59. The molecule has 0 aliphatic carbocycles. The van der Waals surface area contributed by atoms with Gasteiger partial charge in [0.05, 0.1) is 16.8 Å². The first-order valence-corrected chi connectivity index (χ1v) is 14.7. The SMILES string of the molecule is CC(C)(C)OC(=O)N[C@@H](Cc1ccc(C(F)(F)F)cc1)C(=O)N1C[C@H](CCCB2OC(C)(C)C(C)(C)O2)[C@](N=[N+]=[N-])(C(=O)O)C1. The van der Waals surface area contributed by atoms with Crippen molar-refractivity contribution in [2.45, 2.75) is 109 Å². The highest BCUT2D eigenvalue weighted by Crippen LogP contribution is 2.40. The Morgan fingerprint density at radius 1 is 1.16 bits per heavy atom. The van der Waals surface area contributed by atoms with Gasteiger partial charge in [-0.25, -0.2) is 4.79 Å². The zero-order valence-corrected chi connectivity index (χ0v) is 26.6. The molecular weight excluding hydrogens is 598 g/mol. The summed E-state index contributed by atoms with van der Waals surface area (Å²) in [6.45, 7) is 11.9. The summed E-state index contributed by atoms with van der Waals surface area (Å²) in [6, 6.07) is 2.81. The molecule has 12 nitrogen and oxygen atoms in total. The quantitative estimate of drug-likeness (QED) is 0.146. The number of rotatable bonds is 10. The van der Waals surface area contributed by atoms with E-state index < -0.39 is 77.7 Å². The van der Waals surface area contributed by atoms with E-state index in [4.69, 9.17) is 14.0 Å². The monoisotopic (exact) mass is 639 g/mol. The molecule has 16 heteroatoms. The lowest BCUT2D eigenvalue weighted by Gasteiger charge is -2.32. The Labute approximate surface area is 260 Å². The maximum absolute atomic E-state index is 13.9. The van der Waals surface area contributed by atoms with Gasteiger partial charge in [0, 0.05) is 30.3 Å². The number of carboxylic acids is 1. The van der Waals surface area contributed by atoms with Crippen molar-refractivity contribution in [1.29, 1.82) is 0 Å². The third kappa shape index (κ3) is 8.62. The first-order valence-electron chi connectivity index (χ1n) is 14.7. The molecular formula is C29H41BF3N5O7. The highest BCUT2D eigenvalue weighted by atomic mass is 19.4. The molecule has 0 spiro atoms. The Balaban J connectivity index is 1.83. The van der Waals surface area contributed by atoms with Crippen molar-refractivity contribution in [2.75, 3.05) is 13.1 Å². The number of amides is 2. The number of ether oxygens (including phenoxy) is 1. The highest BCUT2D eigenvalue weighted by molar-refractivity contribution is 6.45. The fraction of sp³-hybridized carbons (Fsp3) is 0.690. The fourth-order valence-electron chi connectivity index (χ4n) is 5.43. The van der Waals surface area contributed by atoms with Gasteiger partial charge in [0.15, 0.2) is 5.54 Å². The fourth-order valence-corrected chi connectivity index (χ4v) is 5.43. The van der Waals surface area contributed by atoms with Crippen LogP contribution in [0.2, 0.25) is 6.32 Å². The standard InChI is InChI=1S/C29H41BF3N5O7/c1-25(2,3)43-24(42)35-21(15-18-10-12-19(13-11-18)29(31,32)33)22(39)38-16-20(28(17-38,23(40)41)36-37-34)9-8-14-30-44-26(4,5)27(6,7)45-30/h10-13,20-21H,8-9,14-17H2,1-7H3,(H,35,42)(H,40,41)/t20-,21-,28-/m0/s1. The van der Waals surface area contributed by atoms with Crippen molar-refractivity contribution in [2.24, 2.45) is 11.0 Å². The van der Waals surface area contributed by atoms with Crippen LogP contribution >= 0.6 is 0 Å². The maximum Gasteiger partial charge on any atom is 0.457 e. The van der Waals surface area contributed by atoms with Gasteiger partial charge >= 0.3 is 25.4 Å². The normalized spacial score (nSPS) is 23.3. The van der Waals surface area contributed by atoms with Crippen molar-refractivity contribution >= 4 is 25.1 Å². The van der Waals surface area contributed by atoms with Gasteiger partial charge in [-0.2, -0.15) is 13.2 Å². The van der Waals surface area contributed by atoms with Gasteiger partial charge < -0.3 is 29.4 Å². The lowest BCUT2D eigenvalue weighted by Crippen LogP contribution is -2.51. The minimum Gasteiger partial charge on any atom is -0.481 e. The molecule has 2 N–H and O–H groups in total. The third-order valence-corrected chi connectivity index (χ3v) is 8.46. The number of likely N-dealkylation sites (tertiary alicyclic amines) is 1. The van der Waals surface area contributed by atoms with E-state index in [0.717, 1.165) is 12.1 Å². The number of alkyl halides is 3. The van der Waals surface area contributed by atoms with Crippen LogP contribution in [-0.4, -0.2) is 76.6 Å². The first-order chi connectivity index (χ1) is 20.6. The third-order valence-electron chi connectivity index (χ3n) is 8.46. The van der Waals surface area contributed by atoms with Gasteiger partial charge in [-0.1, -0.05) is 23.7 Å². The number of azide groups is 1. The van der Waals surface area contributed by atoms with Crippen LogP contribution < -0.4 is 5.32 Å². The second-order valence-corrected chi connectivity index (χ2v) is 13.5. The molecule has 1 aromatic rings. The summed E-state index contributed by atoms with van der Waals surface area (Å²) in [5.74, 6) is -2.89. The lowest BCUT2D eigenvalue weighted by atomic mass is 9.78. The number of carbonyl (C=O) groups is 3. The van der Waals surface area contributed by atoms with Gasteiger partial charge in [0.2, 0.25) is 5.91 Å². The van der Waals surface area contributed by atoms with Crippen LogP contribution in [-0.2, 0) is 36.2 Å². The second kappa shape index (κ2) is 13.1. The Hall–Kier alpha value is -3.49. The molecule has 2 saturated heterocycles. The largest absolute Gasteiger partial charge is 0.481 e. The zero-order chi connectivity index (χ0) is 34.0. The van der Waals surface area contributed by atoms with E-state index in [1.165, 1.54) is 17.0 Å². The molecule has 0 unspecified atom stereocenters. The summed E-state index contributed by atoms with van der Waals surface area (Å²) in [5, 5.41) is 16.4. The average molecular weight is 639 g/mol. The Kier molecular flexibility index (Phi) is 10.5. The number of hydrogen-bond donors (Lipinski definition) is 2. The molecule has 0 radical (unpaired) electrons. The highest BCUT2D eigenvalue weighted by Gasteiger charge is 2.55. The number of carboxylic acid groups (broad SMARTS) is 1. The Bertz CT molecular complexity index is 1290. The molecule has 2 aliphatic heterocycles. The lowest BCUT2D eigenvalue weighted by molar-refractivity contribution is -0.144. The summed E-state index contributed by atoms with van der Waals surface area (Å²) < 4.78 is 56.6. The van der Waals surface area contributed by atoms with Crippen LogP contribution in [0.5, 0.6) is 0 Å². The molecule has 1 aromatic carbocycles. The van der Waals surface area contributed by atoms with E-state index in [0.29, 0.717) is 18.3 Å². The Morgan fingerprint density at radius 2 is 1.73 bits per heavy atom. The minimum atomic E-state index is -4.56. The molecule has 248 valence electrons. The van der Waals surface area contributed by atoms with Crippen LogP contribution in [0.15, 0.2) is 29.4 Å². The molecule has 2 heterocycles. The summed E-state index contributed by atoms with van der Waals surface area (Å²) in [4.78, 5) is 43.1. The number of carbonyl (C=O) groups excluding carboxylic acids is 2. The predicted molar refractivity (Wildman–Crippen MR) is 158 cm³/mol. The van der Waals surface area contributed by atoms with E-state index in [1.807, 2.05) is 27.7 Å². The maximum atomic E-state index is 13.9. The molecule has 3 rings (SSSR count). The van der Waals surface area contributed by atoms with Crippen LogP contribution in [0.1, 0.15) is 72.4 Å².